The molecule has 0 atom stereocenters. The van der Waals surface area contributed by atoms with Gasteiger partial charge in [-0.1, -0.05) is 12.1 Å². The SMILES string of the molecule is COCCOCCCCNCc1cccc(F)c1O. The van der Waals surface area contributed by atoms with Crippen LogP contribution in [0.2, 0.25) is 0 Å². The molecular formula is C14H22FNO3. The first kappa shape index (κ1) is 15.9. The number of hydrogen-bond donors (Lipinski definition) is 2. The number of halogens is 1. The van der Waals surface area contributed by atoms with Crippen LogP contribution in [0.15, 0.2) is 18.2 Å². The molecule has 5 heteroatoms. The second kappa shape index (κ2) is 9.72. The Morgan fingerprint density at radius 1 is 1.21 bits per heavy atom. The lowest BCUT2D eigenvalue weighted by atomic mass is 10.2. The van der Waals surface area contributed by atoms with Crippen LogP contribution in [-0.4, -0.2) is 38.6 Å². The van der Waals surface area contributed by atoms with Gasteiger partial charge in [0.25, 0.3) is 0 Å². The smallest absolute Gasteiger partial charge is 0.165 e. The molecule has 4 nitrogen and oxygen atoms in total. The molecule has 2 N–H and O–H groups in total. The van der Waals surface area contributed by atoms with Crippen molar-refractivity contribution < 1.29 is 19.0 Å². The van der Waals surface area contributed by atoms with Gasteiger partial charge < -0.3 is 19.9 Å². The van der Waals surface area contributed by atoms with Crippen molar-refractivity contribution in [3.63, 3.8) is 0 Å². The molecule has 0 spiro atoms. The molecule has 0 unspecified atom stereocenters. The van der Waals surface area contributed by atoms with Gasteiger partial charge in [0, 0.05) is 25.8 Å². The van der Waals surface area contributed by atoms with Crippen LogP contribution in [0, 0.1) is 5.82 Å². The average Bonchev–Trinajstić information content (AvgIpc) is 2.41. The zero-order chi connectivity index (χ0) is 13.9. The van der Waals surface area contributed by atoms with E-state index in [1.165, 1.54) is 6.07 Å². The van der Waals surface area contributed by atoms with Gasteiger partial charge in [-0.15, -0.1) is 0 Å². The van der Waals surface area contributed by atoms with Crippen molar-refractivity contribution in [2.24, 2.45) is 0 Å². The Bertz CT molecular complexity index is 361. The summed E-state index contributed by atoms with van der Waals surface area (Å²) < 4.78 is 23.2. The zero-order valence-electron chi connectivity index (χ0n) is 11.3. The van der Waals surface area contributed by atoms with E-state index in [0.717, 1.165) is 26.0 Å². The van der Waals surface area contributed by atoms with E-state index in [0.29, 0.717) is 25.3 Å². The van der Waals surface area contributed by atoms with Gasteiger partial charge in [-0.3, -0.25) is 0 Å². The van der Waals surface area contributed by atoms with Gasteiger partial charge in [-0.25, -0.2) is 4.39 Å². The molecule has 0 radical (unpaired) electrons. The number of nitrogens with one attached hydrogen (secondary N) is 1. The first-order valence-corrected chi connectivity index (χ1v) is 6.49. The molecule has 0 bridgehead atoms. The molecule has 0 aromatic heterocycles. The molecular weight excluding hydrogens is 249 g/mol. The van der Waals surface area contributed by atoms with Crippen LogP contribution in [-0.2, 0) is 16.0 Å². The molecule has 0 amide bonds. The molecule has 1 aromatic carbocycles. The van der Waals surface area contributed by atoms with E-state index in [9.17, 15) is 9.50 Å². The van der Waals surface area contributed by atoms with Gasteiger partial charge in [0.15, 0.2) is 11.6 Å². The van der Waals surface area contributed by atoms with E-state index in [4.69, 9.17) is 9.47 Å². The quantitative estimate of drug-likeness (QED) is 0.640. The summed E-state index contributed by atoms with van der Waals surface area (Å²) in [4.78, 5) is 0. The highest BCUT2D eigenvalue weighted by atomic mass is 19.1. The Hall–Kier alpha value is -1.17. The number of phenolic OH excluding ortho intramolecular Hbond substituents is 1. The Balaban J connectivity index is 2.03. The first-order chi connectivity index (χ1) is 9.25. The topological polar surface area (TPSA) is 50.7 Å². The fourth-order valence-electron chi connectivity index (χ4n) is 1.62. The van der Waals surface area contributed by atoms with Gasteiger partial charge in [0.1, 0.15) is 0 Å². The maximum absolute atomic E-state index is 13.1. The predicted molar refractivity (Wildman–Crippen MR) is 71.7 cm³/mol. The molecule has 108 valence electrons. The molecule has 0 saturated heterocycles. The maximum Gasteiger partial charge on any atom is 0.165 e. The van der Waals surface area contributed by atoms with Gasteiger partial charge in [-0.05, 0) is 25.5 Å². The monoisotopic (exact) mass is 271 g/mol. The lowest BCUT2D eigenvalue weighted by molar-refractivity contribution is 0.0688. The standard InChI is InChI=1S/C14H22FNO3/c1-18-9-10-19-8-3-2-7-16-11-12-5-4-6-13(15)14(12)17/h4-6,16-17H,2-3,7-11H2,1H3. The van der Waals surface area contributed by atoms with Gasteiger partial charge in [-0.2, -0.15) is 0 Å². The number of ether oxygens (including phenoxy) is 2. The van der Waals surface area contributed by atoms with Crippen molar-refractivity contribution >= 4 is 0 Å². The van der Waals surface area contributed by atoms with Crippen LogP contribution in [0.3, 0.4) is 0 Å². The molecule has 0 aliphatic carbocycles. The number of benzene rings is 1. The number of aromatic hydroxyl groups is 1. The van der Waals surface area contributed by atoms with Crippen molar-refractivity contribution in [1.29, 1.82) is 0 Å². The number of hydrogen-bond acceptors (Lipinski definition) is 4. The third-order valence-corrected chi connectivity index (χ3v) is 2.71. The van der Waals surface area contributed by atoms with Crippen LogP contribution in [0.5, 0.6) is 5.75 Å². The van der Waals surface area contributed by atoms with Crippen LogP contribution >= 0.6 is 0 Å². The molecule has 0 saturated carbocycles. The zero-order valence-corrected chi connectivity index (χ0v) is 11.3. The summed E-state index contributed by atoms with van der Waals surface area (Å²) >= 11 is 0. The number of methoxy groups -OCH3 is 1. The number of rotatable bonds is 10. The lowest BCUT2D eigenvalue weighted by Crippen LogP contribution is -2.15. The maximum atomic E-state index is 13.1. The second-order valence-corrected chi connectivity index (χ2v) is 4.24. The summed E-state index contributed by atoms with van der Waals surface area (Å²) in [6, 6.07) is 4.55. The summed E-state index contributed by atoms with van der Waals surface area (Å²) in [5, 5.41) is 12.6. The largest absolute Gasteiger partial charge is 0.505 e. The number of para-hydroxylation sites is 1. The molecule has 1 aromatic rings. The van der Waals surface area contributed by atoms with E-state index in [2.05, 4.69) is 5.32 Å². The highest BCUT2D eigenvalue weighted by Gasteiger charge is 2.05. The summed E-state index contributed by atoms with van der Waals surface area (Å²) in [7, 11) is 1.65. The number of phenols is 1. The molecule has 0 fully saturated rings. The van der Waals surface area contributed by atoms with Gasteiger partial charge >= 0.3 is 0 Å². The van der Waals surface area contributed by atoms with Crippen molar-refractivity contribution in [3.8, 4) is 5.75 Å². The van der Waals surface area contributed by atoms with Crippen molar-refractivity contribution in [1.82, 2.24) is 5.32 Å². The molecule has 1 rings (SSSR count). The van der Waals surface area contributed by atoms with Crippen molar-refractivity contribution in [2.45, 2.75) is 19.4 Å². The minimum atomic E-state index is -0.578. The predicted octanol–water partition coefficient (Wildman–Crippen LogP) is 2.06. The molecule has 0 aliphatic rings. The lowest BCUT2D eigenvalue weighted by Gasteiger charge is -2.07. The van der Waals surface area contributed by atoms with E-state index in [1.807, 2.05) is 0 Å². The summed E-state index contributed by atoms with van der Waals surface area (Å²) in [6.07, 6.45) is 1.94. The van der Waals surface area contributed by atoms with Gasteiger partial charge in [0.05, 0.1) is 13.2 Å². The van der Waals surface area contributed by atoms with E-state index in [1.54, 1.807) is 19.2 Å². The number of unbranched alkanes of at least 4 members (excludes halogenated alkanes) is 1. The minimum absolute atomic E-state index is 0.266. The Kier molecular flexibility index (Phi) is 8.13. The second-order valence-electron chi connectivity index (χ2n) is 4.24. The van der Waals surface area contributed by atoms with Crippen LogP contribution in [0.1, 0.15) is 18.4 Å². The Labute approximate surface area is 113 Å². The molecule has 0 heterocycles. The highest BCUT2D eigenvalue weighted by Crippen LogP contribution is 2.20. The summed E-state index contributed by atoms with van der Waals surface area (Å²) in [6.45, 7) is 3.24. The van der Waals surface area contributed by atoms with E-state index in [-0.39, 0.29) is 5.75 Å². The Morgan fingerprint density at radius 2 is 2.05 bits per heavy atom. The third-order valence-electron chi connectivity index (χ3n) is 2.71. The minimum Gasteiger partial charge on any atom is -0.505 e. The van der Waals surface area contributed by atoms with E-state index >= 15 is 0 Å². The van der Waals surface area contributed by atoms with E-state index < -0.39 is 5.82 Å². The Morgan fingerprint density at radius 3 is 2.84 bits per heavy atom. The van der Waals surface area contributed by atoms with Crippen LogP contribution < -0.4 is 5.32 Å². The fraction of sp³-hybridized carbons (Fsp3) is 0.571. The van der Waals surface area contributed by atoms with Crippen molar-refractivity contribution in [3.05, 3.63) is 29.6 Å². The summed E-state index contributed by atoms with van der Waals surface area (Å²) in [5.41, 5.74) is 0.580. The van der Waals surface area contributed by atoms with Crippen LogP contribution in [0.4, 0.5) is 4.39 Å². The molecule has 19 heavy (non-hydrogen) atoms. The first-order valence-electron chi connectivity index (χ1n) is 6.49. The highest BCUT2D eigenvalue weighted by molar-refractivity contribution is 5.33. The summed E-state index contributed by atoms with van der Waals surface area (Å²) in [5.74, 6) is -0.844. The normalized spacial score (nSPS) is 10.8. The van der Waals surface area contributed by atoms with Crippen LogP contribution in [0.25, 0.3) is 0 Å². The average molecular weight is 271 g/mol. The fourth-order valence-corrected chi connectivity index (χ4v) is 1.62. The van der Waals surface area contributed by atoms with Crippen molar-refractivity contribution in [2.75, 3.05) is 33.5 Å². The van der Waals surface area contributed by atoms with Gasteiger partial charge in [0.2, 0.25) is 0 Å². The molecule has 0 aliphatic heterocycles. The third kappa shape index (κ3) is 6.52.